The van der Waals surface area contributed by atoms with Crippen LogP contribution in [0.25, 0.3) is 6.08 Å². The third-order valence-electron chi connectivity index (χ3n) is 4.48. The zero-order valence-electron chi connectivity index (χ0n) is 16.4. The van der Waals surface area contributed by atoms with Crippen molar-refractivity contribution in [3.8, 4) is 5.75 Å². The lowest BCUT2D eigenvalue weighted by Crippen LogP contribution is -2.27. The highest BCUT2D eigenvalue weighted by Crippen LogP contribution is 2.26. The Bertz CT molecular complexity index is 946. The first-order chi connectivity index (χ1) is 14.0. The molecule has 0 saturated carbocycles. The highest BCUT2D eigenvalue weighted by Gasteiger charge is 2.24. The quantitative estimate of drug-likeness (QED) is 0.568. The summed E-state index contributed by atoms with van der Waals surface area (Å²) in [6, 6.07) is 13.9. The summed E-state index contributed by atoms with van der Waals surface area (Å²) in [6.45, 7) is 3.57. The van der Waals surface area contributed by atoms with Gasteiger partial charge in [-0.3, -0.25) is 9.59 Å². The number of ketones is 1. The van der Waals surface area contributed by atoms with Crippen molar-refractivity contribution in [3.05, 3.63) is 65.2 Å². The van der Waals surface area contributed by atoms with E-state index >= 15 is 0 Å². The second-order valence-corrected chi connectivity index (χ2v) is 6.78. The van der Waals surface area contributed by atoms with E-state index in [2.05, 4.69) is 5.32 Å². The van der Waals surface area contributed by atoms with Crippen LogP contribution in [0.2, 0.25) is 0 Å². The Labute approximate surface area is 169 Å². The van der Waals surface area contributed by atoms with Gasteiger partial charge >= 0.3 is 5.97 Å². The van der Waals surface area contributed by atoms with Crippen LogP contribution < -0.4 is 10.1 Å². The first kappa shape index (κ1) is 20.3. The van der Waals surface area contributed by atoms with E-state index in [-0.39, 0.29) is 18.3 Å². The van der Waals surface area contributed by atoms with E-state index in [1.54, 1.807) is 30.3 Å². The summed E-state index contributed by atoms with van der Waals surface area (Å²) < 4.78 is 10.9. The lowest BCUT2D eigenvalue weighted by atomic mass is 10.1. The number of ether oxygens (including phenoxy) is 2. The summed E-state index contributed by atoms with van der Waals surface area (Å²) in [4.78, 5) is 36.6. The maximum atomic E-state index is 12.6. The number of amides is 1. The Morgan fingerprint density at radius 3 is 2.55 bits per heavy atom. The number of fused-ring (bicyclic) bond motifs is 1. The van der Waals surface area contributed by atoms with E-state index in [0.29, 0.717) is 29.0 Å². The number of carbonyl (C=O) groups is 3. The molecule has 0 spiro atoms. The van der Waals surface area contributed by atoms with Gasteiger partial charge in [0.05, 0.1) is 5.57 Å². The first-order valence-electron chi connectivity index (χ1n) is 9.55. The van der Waals surface area contributed by atoms with E-state index in [9.17, 15) is 14.4 Å². The number of benzene rings is 2. The monoisotopic (exact) mass is 393 g/mol. The number of esters is 1. The zero-order valence-corrected chi connectivity index (χ0v) is 16.4. The SMILES string of the molecule is CCCC(=O)Nc1ccc(C(=O)[C@H](C)OC(=O)C2=Cc3ccccc3OC2)cc1. The summed E-state index contributed by atoms with van der Waals surface area (Å²) >= 11 is 0. The maximum absolute atomic E-state index is 12.6. The van der Waals surface area contributed by atoms with Crippen molar-refractivity contribution in [2.75, 3.05) is 11.9 Å². The Morgan fingerprint density at radius 1 is 1.10 bits per heavy atom. The summed E-state index contributed by atoms with van der Waals surface area (Å²) in [7, 11) is 0. The molecule has 6 heteroatoms. The molecule has 29 heavy (non-hydrogen) atoms. The van der Waals surface area contributed by atoms with Gasteiger partial charge in [-0.05, 0) is 49.8 Å². The van der Waals surface area contributed by atoms with Crippen LogP contribution in [0.1, 0.15) is 42.6 Å². The number of hydrogen-bond acceptors (Lipinski definition) is 5. The highest BCUT2D eigenvalue weighted by molar-refractivity contribution is 6.02. The van der Waals surface area contributed by atoms with Gasteiger partial charge in [0.2, 0.25) is 11.7 Å². The van der Waals surface area contributed by atoms with Crippen LogP contribution >= 0.6 is 0 Å². The number of para-hydroxylation sites is 1. The second kappa shape index (κ2) is 9.19. The molecular formula is C23H23NO5. The topological polar surface area (TPSA) is 81.7 Å². The van der Waals surface area contributed by atoms with Crippen molar-refractivity contribution in [1.82, 2.24) is 0 Å². The fraction of sp³-hybridized carbons (Fsp3) is 0.261. The predicted octanol–water partition coefficient (Wildman–Crippen LogP) is 4.02. The second-order valence-electron chi connectivity index (χ2n) is 6.78. The van der Waals surface area contributed by atoms with E-state index in [0.717, 1.165) is 12.0 Å². The molecule has 1 aliphatic rings. The molecular weight excluding hydrogens is 370 g/mol. The molecule has 1 heterocycles. The molecule has 0 aromatic heterocycles. The molecule has 0 saturated heterocycles. The number of anilines is 1. The number of carbonyl (C=O) groups excluding carboxylic acids is 3. The minimum absolute atomic E-state index is 0.0709. The maximum Gasteiger partial charge on any atom is 0.338 e. The standard InChI is InChI=1S/C23H23NO5/c1-3-6-21(25)24-19-11-9-16(10-12-19)22(26)15(2)29-23(27)18-13-17-7-4-5-8-20(17)28-14-18/h4-5,7-13,15H,3,6,14H2,1-2H3,(H,24,25)/t15-/m0/s1. The normalized spacial score (nSPS) is 13.4. The average molecular weight is 393 g/mol. The number of Topliss-reactive ketones (excluding diaryl/α,β-unsaturated/α-hetero) is 1. The predicted molar refractivity (Wildman–Crippen MR) is 110 cm³/mol. The lowest BCUT2D eigenvalue weighted by molar-refractivity contribution is -0.142. The molecule has 1 atom stereocenters. The number of hydrogen-bond donors (Lipinski definition) is 1. The number of nitrogens with one attached hydrogen (secondary N) is 1. The van der Waals surface area contributed by atoms with Gasteiger partial charge in [-0.15, -0.1) is 0 Å². The van der Waals surface area contributed by atoms with Crippen molar-refractivity contribution < 1.29 is 23.9 Å². The van der Waals surface area contributed by atoms with Gasteiger partial charge in [0.25, 0.3) is 0 Å². The van der Waals surface area contributed by atoms with Gasteiger partial charge in [-0.25, -0.2) is 4.79 Å². The summed E-state index contributed by atoms with van der Waals surface area (Å²) in [5.41, 5.74) is 2.17. The smallest absolute Gasteiger partial charge is 0.338 e. The van der Waals surface area contributed by atoms with Gasteiger partial charge in [0.1, 0.15) is 12.4 Å². The molecule has 2 aromatic carbocycles. The summed E-state index contributed by atoms with van der Waals surface area (Å²) in [5, 5.41) is 2.76. The van der Waals surface area contributed by atoms with Crippen LogP contribution in [-0.4, -0.2) is 30.4 Å². The van der Waals surface area contributed by atoms with Gasteiger partial charge in [-0.2, -0.15) is 0 Å². The van der Waals surface area contributed by atoms with Crippen molar-refractivity contribution in [3.63, 3.8) is 0 Å². The molecule has 1 N–H and O–H groups in total. The van der Waals surface area contributed by atoms with E-state index in [1.807, 2.05) is 31.2 Å². The third-order valence-corrected chi connectivity index (χ3v) is 4.48. The Morgan fingerprint density at radius 2 is 1.83 bits per heavy atom. The summed E-state index contributed by atoms with van der Waals surface area (Å²) in [5.74, 6) is -0.260. The minimum atomic E-state index is -0.943. The highest BCUT2D eigenvalue weighted by atomic mass is 16.5. The van der Waals surface area contributed by atoms with Crippen LogP contribution in [0.15, 0.2) is 54.1 Å². The van der Waals surface area contributed by atoms with Crippen molar-refractivity contribution in [1.29, 1.82) is 0 Å². The van der Waals surface area contributed by atoms with Gasteiger partial charge in [-0.1, -0.05) is 25.1 Å². The van der Waals surface area contributed by atoms with Crippen LogP contribution in [-0.2, 0) is 14.3 Å². The minimum Gasteiger partial charge on any atom is -0.488 e. The van der Waals surface area contributed by atoms with Crippen LogP contribution in [0, 0.1) is 0 Å². The fourth-order valence-electron chi connectivity index (χ4n) is 2.93. The molecule has 0 bridgehead atoms. The molecule has 0 aliphatic carbocycles. The zero-order chi connectivity index (χ0) is 20.8. The van der Waals surface area contributed by atoms with Crippen molar-refractivity contribution in [2.45, 2.75) is 32.8 Å². The average Bonchev–Trinajstić information content (AvgIpc) is 2.73. The number of rotatable bonds is 7. The van der Waals surface area contributed by atoms with Crippen molar-refractivity contribution in [2.24, 2.45) is 0 Å². The molecule has 3 rings (SSSR count). The fourth-order valence-corrected chi connectivity index (χ4v) is 2.93. The molecule has 1 amide bonds. The first-order valence-corrected chi connectivity index (χ1v) is 9.55. The van der Waals surface area contributed by atoms with Crippen molar-refractivity contribution >= 4 is 29.4 Å². The largest absolute Gasteiger partial charge is 0.488 e. The molecule has 0 radical (unpaired) electrons. The van der Waals surface area contributed by atoms with Crippen LogP contribution in [0.3, 0.4) is 0 Å². The lowest BCUT2D eigenvalue weighted by Gasteiger charge is -2.19. The third kappa shape index (κ3) is 5.10. The van der Waals surface area contributed by atoms with Gasteiger partial charge in [0, 0.05) is 23.2 Å². The molecule has 1 aliphatic heterocycles. The Kier molecular flexibility index (Phi) is 6.44. The van der Waals surface area contributed by atoms with Gasteiger partial charge < -0.3 is 14.8 Å². The molecule has 0 fully saturated rings. The van der Waals surface area contributed by atoms with Gasteiger partial charge in [0.15, 0.2) is 6.10 Å². The van der Waals surface area contributed by atoms with E-state index in [1.165, 1.54) is 6.92 Å². The van der Waals surface area contributed by atoms with E-state index in [4.69, 9.17) is 9.47 Å². The Balaban J connectivity index is 1.61. The van der Waals surface area contributed by atoms with Crippen LogP contribution in [0.5, 0.6) is 5.75 Å². The molecule has 2 aromatic rings. The summed E-state index contributed by atoms with van der Waals surface area (Å²) in [6.07, 6.45) is 1.98. The molecule has 6 nitrogen and oxygen atoms in total. The van der Waals surface area contributed by atoms with Crippen LogP contribution in [0.4, 0.5) is 5.69 Å². The van der Waals surface area contributed by atoms with E-state index < -0.39 is 12.1 Å². The molecule has 150 valence electrons. The molecule has 0 unspecified atom stereocenters. The Hall–Kier alpha value is -3.41.